The summed E-state index contributed by atoms with van der Waals surface area (Å²) in [5.41, 5.74) is 1.54. The number of amides is 1. The number of aliphatic hydroxyl groups is 1. The van der Waals surface area contributed by atoms with Crippen molar-refractivity contribution in [2.75, 3.05) is 39.3 Å². The fourth-order valence-electron chi connectivity index (χ4n) is 3.06. The standard InChI is InChI=1S/C18H28FN3O2/c1-13(2)20-18(24)12-22-8-6-21(7-9-22)11-17(23)16-5-4-15(19)10-14(16)3/h4-5,10,13,17,23H,6-9,11-12H2,1-3H3,(H,20,24). The molecule has 1 fully saturated rings. The van der Waals surface area contributed by atoms with Crippen LogP contribution in [0.5, 0.6) is 0 Å². The number of aryl methyl sites for hydroxylation is 1. The number of hydrogen-bond donors (Lipinski definition) is 2. The molecule has 5 nitrogen and oxygen atoms in total. The molecule has 134 valence electrons. The SMILES string of the molecule is Cc1cc(F)ccc1C(O)CN1CCN(CC(=O)NC(C)C)CC1. The molecule has 2 N–H and O–H groups in total. The Labute approximate surface area is 143 Å². The minimum absolute atomic E-state index is 0.0559. The van der Waals surface area contributed by atoms with E-state index < -0.39 is 6.10 Å². The van der Waals surface area contributed by atoms with Crippen molar-refractivity contribution >= 4 is 5.91 Å². The van der Waals surface area contributed by atoms with E-state index in [4.69, 9.17) is 0 Å². The van der Waals surface area contributed by atoms with E-state index in [-0.39, 0.29) is 17.8 Å². The zero-order chi connectivity index (χ0) is 17.7. The summed E-state index contributed by atoms with van der Waals surface area (Å²) >= 11 is 0. The molecule has 1 aliphatic heterocycles. The van der Waals surface area contributed by atoms with Crippen LogP contribution in [0.15, 0.2) is 18.2 Å². The van der Waals surface area contributed by atoms with Gasteiger partial charge >= 0.3 is 0 Å². The van der Waals surface area contributed by atoms with Gasteiger partial charge in [0.25, 0.3) is 0 Å². The molecule has 0 spiro atoms. The van der Waals surface area contributed by atoms with Gasteiger partial charge in [-0.25, -0.2) is 4.39 Å². The summed E-state index contributed by atoms with van der Waals surface area (Å²) in [5, 5.41) is 13.3. The molecule has 0 radical (unpaired) electrons. The molecule has 1 saturated heterocycles. The first kappa shape index (κ1) is 18.8. The number of piperazine rings is 1. The third-order valence-corrected chi connectivity index (χ3v) is 4.30. The lowest BCUT2D eigenvalue weighted by atomic mass is 10.0. The molecule has 2 rings (SSSR count). The first-order valence-corrected chi connectivity index (χ1v) is 8.53. The maximum Gasteiger partial charge on any atom is 0.234 e. The Hall–Kier alpha value is -1.50. The van der Waals surface area contributed by atoms with Gasteiger partial charge in [0.1, 0.15) is 5.82 Å². The van der Waals surface area contributed by atoms with Crippen LogP contribution in [0.4, 0.5) is 4.39 Å². The van der Waals surface area contributed by atoms with Crippen LogP contribution in [0.1, 0.15) is 31.1 Å². The van der Waals surface area contributed by atoms with Gasteiger partial charge in [-0.3, -0.25) is 14.6 Å². The Kier molecular flexibility index (Phi) is 6.71. The summed E-state index contributed by atoms with van der Waals surface area (Å²) in [6.45, 7) is 9.90. The molecule has 0 aromatic heterocycles. The second-order valence-electron chi connectivity index (χ2n) is 6.82. The normalized spacial score (nSPS) is 17.9. The van der Waals surface area contributed by atoms with Crippen molar-refractivity contribution in [1.82, 2.24) is 15.1 Å². The van der Waals surface area contributed by atoms with Gasteiger partial charge in [0.15, 0.2) is 0 Å². The van der Waals surface area contributed by atoms with Crippen LogP contribution in [0, 0.1) is 12.7 Å². The number of hydrogen-bond acceptors (Lipinski definition) is 4. The Morgan fingerprint density at radius 1 is 1.25 bits per heavy atom. The lowest BCUT2D eigenvalue weighted by Crippen LogP contribution is -2.50. The smallest absolute Gasteiger partial charge is 0.234 e. The highest BCUT2D eigenvalue weighted by molar-refractivity contribution is 5.78. The number of carbonyl (C=O) groups is 1. The predicted molar refractivity (Wildman–Crippen MR) is 92.3 cm³/mol. The van der Waals surface area contributed by atoms with Gasteiger partial charge in [-0.2, -0.15) is 0 Å². The summed E-state index contributed by atoms with van der Waals surface area (Å²) < 4.78 is 13.2. The summed E-state index contributed by atoms with van der Waals surface area (Å²) in [6.07, 6.45) is -0.624. The Morgan fingerprint density at radius 2 is 1.88 bits per heavy atom. The lowest BCUT2D eigenvalue weighted by molar-refractivity contribution is -0.123. The van der Waals surface area contributed by atoms with Crippen molar-refractivity contribution in [2.45, 2.75) is 32.9 Å². The molecule has 0 bridgehead atoms. The first-order chi connectivity index (χ1) is 11.3. The van der Waals surface area contributed by atoms with Crippen molar-refractivity contribution < 1.29 is 14.3 Å². The summed E-state index contributed by atoms with van der Waals surface area (Å²) in [4.78, 5) is 16.1. The van der Waals surface area contributed by atoms with Crippen molar-refractivity contribution in [3.63, 3.8) is 0 Å². The monoisotopic (exact) mass is 337 g/mol. The van der Waals surface area contributed by atoms with Crippen LogP contribution >= 0.6 is 0 Å². The van der Waals surface area contributed by atoms with Crippen molar-refractivity contribution in [2.24, 2.45) is 0 Å². The second-order valence-corrected chi connectivity index (χ2v) is 6.82. The van der Waals surface area contributed by atoms with Crippen LogP contribution in [-0.2, 0) is 4.79 Å². The fraction of sp³-hybridized carbons (Fsp3) is 0.611. The quantitative estimate of drug-likeness (QED) is 0.822. The summed E-state index contributed by atoms with van der Waals surface area (Å²) in [6, 6.07) is 4.65. The number of carbonyl (C=O) groups excluding carboxylic acids is 1. The third-order valence-electron chi connectivity index (χ3n) is 4.30. The zero-order valence-electron chi connectivity index (χ0n) is 14.8. The lowest BCUT2D eigenvalue weighted by Gasteiger charge is -2.35. The highest BCUT2D eigenvalue weighted by Crippen LogP contribution is 2.20. The molecular weight excluding hydrogens is 309 g/mol. The van der Waals surface area contributed by atoms with E-state index in [0.717, 1.165) is 37.3 Å². The zero-order valence-corrected chi connectivity index (χ0v) is 14.8. The van der Waals surface area contributed by atoms with Crippen molar-refractivity contribution in [3.8, 4) is 0 Å². The molecule has 1 amide bonds. The molecule has 24 heavy (non-hydrogen) atoms. The van der Waals surface area contributed by atoms with E-state index >= 15 is 0 Å². The average molecular weight is 337 g/mol. The molecule has 1 aromatic carbocycles. The minimum Gasteiger partial charge on any atom is -0.387 e. The average Bonchev–Trinajstić information content (AvgIpc) is 2.48. The van der Waals surface area contributed by atoms with Crippen LogP contribution in [0.25, 0.3) is 0 Å². The predicted octanol–water partition coefficient (Wildman–Crippen LogP) is 1.31. The Balaban J connectivity index is 1.79. The van der Waals surface area contributed by atoms with Crippen LogP contribution < -0.4 is 5.32 Å². The van der Waals surface area contributed by atoms with E-state index in [1.807, 2.05) is 20.8 Å². The van der Waals surface area contributed by atoms with E-state index in [0.29, 0.717) is 13.1 Å². The van der Waals surface area contributed by atoms with E-state index in [1.54, 1.807) is 6.07 Å². The Morgan fingerprint density at radius 3 is 2.46 bits per heavy atom. The van der Waals surface area contributed by atoms with Gasteiger partial charge in [-0.05, 0) is 44.0 Å². The third kappa shape index (κ3) is 5.54. The first-order valence-electron chi connectivity index (χ1n) is 8.53. The van der Waals surface area contributed by atoms with E-state index in [9.17, 15) is 14.3 Å². The maximum atomic E-state index is 13.2. The number of β-amino-alcohol motifs (C(OH)–C–C–N with tert-alkyl or cyclic N) is 1. The van der Waals surface area contributed by atoms with E-state index in [1.165, 1.54) is 12.1 Å². The molecule has 6 heteroatoms. The van der Waals surface area contributed by atoms with Gasteiger partial charge in [0, 0.05) is 38.8 Å². The van der Waals surface area contributed by atoms with Crippen molar-refractivity contribution in [3.05, 3.63) is 35.1 Å². The number of benzene rings is 1. The van der Waals surface area contributed by atoms with Crippen LogP contribution in [0.2, 0.25) is 0 Å². The van der Waals surface area contributed by atoms with Gasteiger partial charge in [0.05, 0.1) is 12.6 Å². The molecule has 1 atom stereocenters. The largest absolute Gasteiger partial charge is 0.387 e. The highest BCUT2D eigenvalue weighted by atomic mass is 19.1. The maximum absolute atomic E-state index is 13.2. The summed E-state index contributed by atoms with van der Waals surface area (Å²) in [5.74, 6) is -0.225. The molecule has 1 aliphatic rings. The fourth-order valence-corrected chi connectivity index (χ4v) is 3.06. The highest BCUT2D eigenvalue weighted by Gasteiger charge is 2.22. The minimum atomic E-state index is -0.624. The number of nitrogens with one attached hydrogen (secondary N) is 1. The van der Waals surface area contributed by atoms with Gasteiger partial charge in [0.2, 0.25) is 5.91 Å². The molecular formula is C18H28FN3O2. The number of rotatable bonds is 6. The molecule has 0 aliphatic carbocycles. The van der Waals surface area contributed by atoms with Gasteiger partial charge in [-0.15, -0.1) is 0 Å². The topological polar surface area (TPSA) is 55.8 Å². The van der Waals surface area contributed by atoms with Gasteiger partial charge < -0.3 is 10.4 Å². The van der Waals surface area contributed by atoms with E-state index in [2.05, 4.69) is 15.1 Å². The summed E-state index contributed by atoms with van der Waals surface area (Å²) in [7, 11) is 0. The molecule has 1 unspecified atom stereocenters. The molecule has 0 saturated carbocycles. The van der Waals surface area contributed by atoms with Gasteiger partial charge in [-0.1, -0.05) is 6.07 Å². The Bertz CT molecular complexity index is 557. The van der Waals surface area contributed by atoms with Crippen LogP contribution in [-0.4, -0.2) is 66.1 Å². The van der Waals surface area contributed by atoms with Crippen molar-refractivity contribution in [1.29, 1.82) is 0 Å². The van der Waals surface area contributed by atoms with Crippen LogP contribution in [0.3, 0.4) is 0 Å². The molecule has 1 aromatic rings. The second kappa shape index (κ2) is 8.55. The number of halogens is 1. The molecule has 1 heterocycles. The number of aliphatic hydroxyl groups excluding tert-OH is 1. The number of nitrogens with zero attached hydrogens (tertiary/aromatic N) is 2.